The van der Waals surface area contributed by atoms with Crippen molar-refractivity contribution in [1.82, 2.24) is 20.1 Å². The summed E-state index contributed by atoms with van der Waals surface area (Å²) in [7, 11) is 0. The molecule has 1 fully saturated rings. The first-order valence-electron chi connectivity index (χ1n) is 8.97. The Balaban J connectivity index is 1.87. The number of rotatable bonds is 4. The van der Waals surface area contributed by atoms with E-state index in [9.17, 15) is 9.59 Å². The van der Waals surface area contributed by atoms with Crippen LogP contribution in [0.5, 0.6) is 0 Å². The maximum Gasteiger partial charge on any atom is 0.288 e. The summed E-state index contributed by atoms with van der Waals surface area (Å²) in [5.41, 5.74) is 1.15. The van der Waals surface area contributed by atoms with Gasteiger partial charge in [-0.05, 0) is 25.3 Å². The molecule has 0 aliphatic heterocycles. The maximum absolute atomic E-state index is 13.0. The largest absolute Gasteiger partial charge is 0.352 e. The van der Waals surface area contributed by atoms with E-state index in [1.807, 2.05) is 35.8 Å². The molecule has 0 radical (unpaired) electrons. The Morgan fingerprint density at radius 3 is 2.84 bits per heavy atom. The highest BCUT2D eigenvalue weighted by molar-refractivity contribution is 6.08. The number of H-pyrrole nitrogens is 1. The van der Waals surface area contributed by atoms with E-state index in [2.05, 4.69) is 15.5 Å². The fraction of sp³-hybridized carbons (Fsp3) is 0.421. The average molecular weight is 338 g/mol. The second-order valence-corrected chi connectivity index (χ2v) is 6.76. The van der Waals surface area contributed by atoms with Crippen molar-refractivity contribution < 1.29 is 4.79 Å². The molecule has 6 heteroatoms. The summed E-state index contributed by atoms with van der Waals surface area (Å²) in [6.45, 7) is 1.98. The smallest absolute Gasteiger partial charge is 0.288 e. The van der Waals surface area contributed by atoms with E-state index in [0.29, 0.717) is 11.9 Å². The Bertz CT molecular complexity index is 982. The SMILES string of the molecule is CCC(C(=O)NC1CCCC1)n1c2ccccc2c2cn[nH]c(=O)c21. The number of nitrogens with one attached hydrogen (secondary N) is 2. The Hall–Kier alpha value is -2.63. The van der Waals surface area contributed by atoms with Gasteiger partial charge in [0.05, 0.1) is 11.7 Å². The molecule has 130 valence electrons. The maximum atomic E-state index is 13.0. The third-order valence-corrected chi connectivity index (χ3v) is 5.23. The van der Waals surface area contributed by atoms with Gasteiger partial charge in [0.15, 0.2) is 0 Å². The molecule has 1 unspecified atom stereocenters. The van der Waals surface area contributed by atoms with E-state index in [0.717, 1.165) is 29.1 Å². The highest BCUT2D eigenvalue weighted by Gasteiger charge is 2.27. The Morgan fingerprint density at radius 2 is 2.08 bits per heavy atom. The van der Waals surface area contributed by atoms with Crippen LogP contribution in [0.4, 0.5) is 0 Å². The number of benzene rings is 1. The van der Waals surface area contributed by atoms with Crippen LogP contribution in [-0.4, -0.2) is 26.7 Å². The summed E-state index contributed by atoms with van der Waals surface area (Å²) in [5, 5.41) is 11.4. The molecule has 3 aromatic rings. The topological polar surface area (TPSA) is 79.8 Å². The zero-order valence-corrected chi connectivity index (χ0v) is 14.3. The van der Waals surface area contributed by atoms with Crippen LogP contribution in [0.3, 0.4) is 0 Å². The number of aromatic nitrogens is 3. The number of hydrogen-bond acceptors (Lipinski definition) is 3. The quantitative estimate of drug-likeness (QED) is 0.767. The molecule has 2 aromatic heterocycles. The predicted octanol–water partition coefficient (Wildman–Crippen LogP) is 2.89. The van der Waals surface area contributed by atoms with Crippen molar-refractivity contribution >= 4 is 27.7 Å². The minimum absolute atomic E-state index is 0.00624. The molecule has 1 amide bonds. The summed E-state index contributed by atoms with van der Waals surface area (Å²) in [5.74, 6) is -0.00624. The molecule has 2 N–H and O–H groups in total. The van der Waals surface area contributed by atoms with Crippen LogP contribution in [0.25, 0.3) is 21.8 Å². The summed E-state index contributed by atoms with van der Waals surface area (Å²) in [4.78, 5) is 25.5. The number of carbonyl (C=O) groups excluding carboxylic acids is 1. The monoisotopic (exact) mass is 338 g/mol. The summed E-state index contributed by atoms with van der Waals surface area (Å²) in [6.07, 6.45) is 6.70. The highest BCUT2D eigenvalue weighted by atomic mass is 16.2. The molecule has 25 heavy (non-hydrogen) atoms. The lowest BCUT2D eigenvalue weighted by Crippen LogP contribution is -2.38. The Kier molecular flexibility index (Phi) is 4.03. The molecule has 4 rings (SSSR count). The number of nitrogens with zero attached hydrogens (tertiary/aromatic N) is 2. The fourth-order valence-electron chi connectivity index (χ4n) is 4.04. The number of amides is 1. The number of para-hydroxylation sites is 1. The first-order chi connectivity index (χ1) is 12.2. The van der Waals surface area contributed by atoms with E-state index in [4.69, 9.17) is 0 Å². The zero-order chi connectivity index (χ0) is 17.4. The van der Waals surface area contributed by atoms with Gasteiger partial charge in [-0.15, -0.1) is 0 Å². The van der Waals surface area contributed by atoms with Gasteiger partial charge in [0.25, 0.3) is 5.56 Å². The van der Waals surface area contributed by atoms with Gasteiger partial charge in [0.2, 0.25) is 5.91 Å². The normalized spacial score (nSPS) is 16.5. The molecule has 1 aromatic carbocycles. The lowest BCUT2D eigenvalue weighted by atomic mass is 10.1. The van der Waals surface area contributed by atoms with Crippen LogP contribution in [-0.2, 0) is 4.79 Å². The molecule has 1 atom stereocenters. The van der Waals surface area contributed by atoms with E-state index < -0.39 is 6.04 Å². The van der Waals surface area contributed by atoms with Gasteiger partial charge < -0.3 is 9.88 Å². The molecule has 0 bridgehead atoms. The van der Waals surface area contributed by atoms with Crippen LogP contribution >= 0.6 is 0 Å². The van der Waals surface area contributed by atoms with Crippen molar-refractivity contribution in [2.45, 2.75) is 51.1 Å². The molecule has 0 saturated heterocycles. The van der Waals surface area contributed by atoms with Crippen molar-refractivity contribution in [3.05, 3.63) is 40.8 Å². The number of fused-ring (bicyclic) bond motifs is 3. The minimum Gasteiger partial charge on any atom is -0.352 e. The summed E-state index contributed by atoms with van der Waals surface area (Å²) < 4.78 is 1.88. The second kappa shape index (κ2) is 6.35. The van der Waals surface area contributed by atoms with Gasteiger partial charge in [-0.3, -0.25) is 9.59 Å². The van der Waals surface area contributed by atoms with Gasteiger partial charge >= 0.3 is 0 Å². The zero-order valence-electron chi connectivity index (χ0n) is 14.3. The molecular weight excluding hydrogens is 316 g/mol. The first-order valence-corrected chi connectivity index (χ1v) is 8.97. The third kappa shape index (κ3) is 2.62. The third-order valence-electron chi connectivity index (χ3n) is 5.23. The molecule has 2 heterocycles. The van der Waals surface area contributed by atoms with Crippen LogP contribution in [0.2, 0.25) is 0 Å². The van der Waals surface area contributed by atoms with Gasteiger partial charge in [-0.2, -0.15) is 5.10 Å². The first kappa shape index (κ1) is 15.9. The molecule has 0 spiro atoms. The summed E-state index contributed by atoms with van der Waals surface area (Å²) in [6, 6.07) is 7.64. The van der Waals surface area contributed by atoms with Crippen LogP contribution < -0.4 is 10.9 Å². The van der Waals surface area contributed by atoms with Crippen molar-refractivity contribution in [3.63, 3.8) is 0 Å². The fourth-order valence-corrected chi connectivity index (χ4v) is 4.04. The Morgan fingerprint density at radius 1 is 1.32 bits per heavy atom. The van der Waals surface area contributed by atoms with Crippen LogP contribution in [0.1, 0.15) is 45.1 Å². The lowest BCUT2D eigenvalue weighted by Gasteiger charge is -2.21. The van der Waals surface area contributed by atoms with Gasteiger partial charge in [0, 0.05) is 16.8 Å². The van der Waals surface area contributed by atoms with Crippen LogP contribution in [0, 0.1) is 0 Å². The molecular formula is C19H22N4O2. The second-order valence-electron chi connectivity index (χ2n) is 6.76. The lowest BCUT2D eigenvalue weighted by molar-refractivity contribution is -0.124. The molecule has 1 aliphatic carbocycles. The van der Waals surface area contributed by atoms with Crippen molar-refractivity contribution in [2.75, 3.05) is 0 Å². The number of hydrogen-bond donors (Lipinski definition) is 2. The van der Waals surface area contributed by atoms with Crippen molar-refractivity contribution in [3.8, 4) is 0 Å². The predicted molar refractivity (Wildman–Crippen MR) is 97.6 cm³/mol. The number of carbonyl (C=O) groups is 1. The number of aromatic amines is 1. The van der Waals surface area contributed by atoms with E-state index in [1.54, 1.807) is 6.20 Å². The van der Waals surface area contributed by atoms with Gasteiger partial charge in [-0.25, -0.2) is 5.10 Å². The van der Waals surface area contributed by atoms with Crippen molar-refractivity contribution in [2.24, 2.45) is 0 Å². The average Bonchev–Trinajstić information content (AvgIpc) is 3.23. The van der Waals surface area contributed by atoms with Crippen LogP contribution in [0.15, 0.2) is 35.3 Å². The van der Waals surface area contributed by atoms with Gasteiger partial charge in [0.1, 0.15) is 11.6 Å². The summed E-state index contributed by atoms with van der Waals surface area (Å²) >= 11 is 0. The van der Waals surface area contributed by atoms with Crippen molar-refractivity contribution in [1.29, 1.82) is 0 Å². The Labute approximate surface area is 145 Å². The molecule has 1 saturated carbocycles. The van der Waals surface area contributed by atoms with E-state index >= 15 is 0 Å². The van der Waals surface area contributed by atoms with E-state index in [-0.39, 0.29) is 17.5 Å². The standard InChI is InChI=1S/C19H22N4O2/c1-2-15(18(24)21-12-7-3-4-8-12)23-16-10-6-5-9-13(16)14-11-20-22-19(25)17(14)23/h5-6,9-12,15H,2-4,7-8H2,1H3,(H,21,24)(H,22,25). The minimum atomic E-state index is -0.411. The van der Waals surface area contributed by atoms with Gasteiger partial charge in [-0.1, -0.05) is 38.0 Å². The molecule has 6 nitrogen and oxygen atoms in total. The highest BCUT2D eigenvalue weighted by Crippen LogP contribution is 2.31. The van der Waals surface area contributed by atoms with E-state index in [1.165, 1.54) is 12.8 Å². The molecule has 1 aliphatic rings.